The zero-order valence-electron chi connectivity index (χ0n) is 17.6. The second-order valence-corrected chi connectivity index (χ2v) is 8.66. The molecular weight excluding hydrogens is 460 g/mol. The molecule has 1 atom stereocenters. The number of benzene rings is 2. The molecule has 0 fully saturated rings. The van der Waals surface area contributed by atoms with Gasteiger partial charge in [-0.15, -0.1) is 0 Å². The third kappa shape index (κ3) is 3.39. The first-order valence-corrected chi connectivity index (χ1v) is 10.8. The first-order valence-electron chi connectivity index (χ1n) is 10.0. The van der Waals surface area contributed by atoms with E-state index in [1.54, 1.807) is 37.3 Å². The van der Waals surface area contributed by atoms with E-state index in [9.17, 15) is 24.8 Å². The number of ketones is 1. The fourth-order valence-electron chi connectivity index (χ4n) is 3.89. The van der Waals surface area contributed by atoms with Gasteiger partial charge in [-0.3, -0.25) is 24.6 Å². The van der Waals surface area contributed by atoms with Gasteiger partial charge < -0.3 is 15.3 Å². The average Bonchev–Trinajstić information content (AvgIpc) is 3.49. The topological polar surface area (TPSA) is 153 Å². The van der Waals surface area contributed by atoms with E-state index in [0.717, 1.165) is 11.3 Å². The number of hydrogen-bond acceptors (Lipinski definition) is 9. The number of nitrogens with two attached hydrogens (primary N) is 1. The van der Waals surface area contributed by atoms with Crippen molar-refractivity contribution in [2.45, 2.75) is 13.0 Å². The van der Waals surface area contributed by atoms with Crippen LogP contribution in [0.1, 0.15) is 27.9 Å². The van der Waals surface area contributed by atoms with Crippen LogP contribution < -0.4 is 10.6 Å². The van der Waals surface area contributed by atoms with Gasteiger partial charge in [-0.25, -0.2) is 4.98 Å². The number of aromatic nitrogens is 1. The minimum absolute atomic E-state index is 0.0254. The van der Waals surface area contributed by atoms with E-state index in [1.807, 2.05) is 0 Å². The standard InChI is InChI=1S/C23H16N4O6S/c1-11-5-8-16(33-11)20(28)18-19(12-3-2-4-13(24)9-12)26(22(30)21(18)29)23-25-15-7-6-14(27(31)32)10-17(15)34-23/h2-10,19,29H,24H2,1H3. The van der Waals surface area contributed by atoms with Gasteiger partial charge in [0.1, 0.15) is 5.76 Å². The molecule has 5 rings (SSSR count). The molecule has 1 amide bonds. The molecule has 0 radical (unpaired) electrons. The molecule has 3 N–H and O–H groups in total. The number of anilines is 2. The van der Waals surface area contributed by atoms with Crippen LogP contribution in [0.25, 0.3) is 10.2 Å². The van der Waals surface area contributed by atoms with E-state index in [2.05, 4.69) is 4.98 Å². The van der Waals surface area contributed by atoms with Crippen molar-refractivity contribution < 1.29 is 24.0 Å². The zero-order chi connectivity index (χ0) is 24.1. The van der Waals surface area contributed by atoms with Crippen molar-refractivity contribution in [2.24, 2.45) is 0 Å². The van der Waals surface area contributed by atoms with Crippen LogP contribution in [0.4, 0.5) is 16.5 Å². The van der Waals surface area contributed by atoms with Crippen molar-refractivity contribution in [3.8, 4) is 0 Å². The van der Waals surface area contributed by atoms with Gasteiger partial charge in [0.25, 0.3) is 11.6 Å². The zero-order valence-corrected chi connectivity index (χ0v) is 18.4. The van der Waals surface area contributed by atoms with Crippen molar-refractivity contribution in [2.75, 3.05) is 10.6 Å². The molecule has 1 aliphatic rings. The second-order valence-electron chi connectivity index (χ2n) is 7.66. The third-order valence-electron chi connectivity index (χ3n) is 5.42. The van der Waals surface area contributed by atoms with E-state index in [-0.39, 0.29) is 22.2 Å². The van der Waals surface area contributed by atoms with Gasteiger partial charge in [0.15, 0.2) is 16.7 Å². The molecule has 1 unspecified atom stereocenters. The number of nitro groups is 1. The number of carbonyl (C=O) groups is 2. The maximum atomic E-state index is 13.3. The molecule has 34 heavy (non-hydrogen) atoms. The summed E-state index contributed by atoms with van der Waals surface area (Å²) in [5.74, 6) is -1.73. The summed E-state index contributed by atoms with van der Waals surface area (Å²) in [4.78, 5) is 42.9. The van der Waals surface area contributed by atoms with Gasteiger partial charge in [0.05, 0.1) is 26.8 Å². The Bertz CT molecular complexity index is 1540. The lowest BCUT2D eigenvalue weighted by atomic mass is 9.95. The maximum Gasteiger partial charge on any atom is 0.296 e. The number of aliphatic hydroxyl groups is 1. The number of non-ortho nitro benzene ring substituents is 1. The van der Waals surface area contributed by atoms with E-state index in [1.165, 1.54) is 29.2 Å². The normalized spacial score (nSPS) is 16.0. The number of fused-ring (bicyclic) bond motifs is 1. The number of hydrogen-bond donors (Lipinski definition) is 2. The average molecular weight is 476 g/mol. The Morgan fingerprint density at radius 2 is 2.03 bits per heavy atom. The SMILES string of the molecule is Cc1ccc(C(=O)C2=C(O)C(=O)N(c3nc4ccc([N+](=O)[O-])cc4s3)C2c2cccc(N)c2)o1. The lowest BCUT2D eigenvalue weighted by Gasteiger charge is -2.24. The maximum absolute atomic E-state index is 13.3. The largest absolute Gasteiger partial charge is 0.503 e. The molecule has 0 saturated heterocycles. The summed E-state index contributed by atoms with van der Waals surface area (Å²) < 4.78 is 5.92. The molecule has 1 aliphatic heterocycles. The number of amides is 1. The molecule has 2 aromatic carbocycles. The second kappa shape index (κ2) is 7.81. The van der Waals surface area contributed by atoms with Crippen LogP contribution in [0.15, 0.2) is 70.3 Å². The predicted molar refractivity (Wildman–Crippen MR) is 125 cm³/mol. The van der Waals surface area contributed by atoms with E-state index in [0.29, 0.717) is 27.2 Å². The number of nitrogens with zero attached hydrogens (tertiary/aromatic N) is 3. The summed E-state index contributed by atoms with van der Waals surface area (Å²) in [6, 6.07) is 12.8. The fraction of sp³-hybridized carbons (Fsp3) is 0.0870. The highest BCUT2D eigenvalue weighted by Crippen LogP contribution is 2.44. The number of aryl methyl sites for hydroxylation is 1. The monoisotopic (exact) mass is 476 g/mol. The van der Waals surface area contributed by atoms with Crippen LogP contribution in [0.3, 0.4) is 0 Å². The van der Waals surface area contributed by atoms with Crippen molar-refractivity contribution in [3.63, 3.8) is 0 Å². The van der Waals surface area contributed by atoms with Crippen LogP contribution in [0, 0.1) is 17.0 Å². The van der Waals surface area contributed by atoms with E-state index >= 15 is 0 Å². The molecular formula is C23H16N4O6S. The molecule has 2 aromatic heterocycles. The molecule has 0 bridgehead atoms. The molecule has 0 spiro atoms. The van der Waals surface area contributed by atoms with Gasteiger partial charge >= 0.3 is 0 Å². The molecule has 170 valence electrons. The number of aliphatic hydroxyl groups excluding tert-OH is 1. The van der Waals surface area contributed by atoms with E-state index in [4.69, 9.17) is 10.2 Å². The van der Waals surface area contributed by atoms with Crippen LogP contribution >= 0.6 is 11.3 Å². The van der Waals surface area contributed by atoms with Gasteiger partial charge in [-0.1, -0.05) is 23.5 Å². The summed E-state index contributed by atoms with van der Waals surface area (Å²) in [6.07, 6.45) is 0. The Kier molecular flexibility index (Phi) is 4.91. The number of nitrogen functional groups attached to an aromatic ring is 1. The lowest BCUT2D eigenvalue weighted by molar-refractivity contribution is -0.384. The quantitative estimate of drug-likeness (QED) is 0.185. The minimum Gasteiger partial charge on any atom is -0.503 e. The van der Waals surface area contributed by atoms with E-state index < -0.39 is 28.4 Å². The number of thiazole rings is 1. The van der Waals surface area contributed by atoms with Gasteiger partial charge in [0.2, 0.25) is 5.78 Å². The van der Waals surface area contributed by atoms with Gasteiger partial charge in [0, 0.05) is 17.8 Å². The third-order valence-corrected chi connectivity index (χ3v) is 6.44. The Morgan fingerprint density at radius 3 is 2.71 bits per heavy atom. The molecule has 11 heteroatoms. The fourth-order valence-corrected chi connectivity index (χ4v) is 4.91. The number of furan rings is 1. The van der Waals surface area contributed by atoms with Crippen molar-refractivity contribution >= 4 is 49.8 Å². The first-order chi connectivity index (χ1) is 16.2. The highest BCUT2D eigenvalue weighted by Gasteiger charge is 2.46. The first kappa shape index (κ1) is 21.3. The Hall–Kier alpha value is -4.51. The molecule has 0 aliphatic carbocycles. The van der Waals surface area contributed by atoms with Crippen molar-refractivity contribution in [1.82, 2.24) is 4.98 Å². The Labute approximate surface area is 195 Å². The molecule has 10 nitrogen and oxygen atoms in total. The summed E-state index contributed by atoms with van der Waals surface area (Å²) >= 11 is 1.03. The number of carbonyl (C=O) groups excluding carboxylic acids is 2. The summed E-state index contributed by atoms with van der Waals surface area (Å²) in [5.41, 5.74) is 6.99. The number of Topliss-reactive ketones (excluding diaryl/α,β-unsaturated/α-hetero) is 1. The summed E-state index contributed by atoms with van der Waals surface area (Å²) in [7, 11) is 0. The predicted octanol–water partition coefficient (Wildman–Crippen LogP) is 4.47. The molecule has 4 aromatic rings. The number of nitro benzene ring substituents is 1. The van der Waals surface area contributed by atoms with Gasteiger partial charge in [-0.05, 0) is 42.8 Å². The van der Waals surface area contributed by atoms with Crippen LogP contribution in [0.2, 0.25) is 0 Å². The smallest absolute Gasteiger partial charge is 0.296 e. The molecule has 3 heterocycles. The molecule has 0 saturated carbocycles. The van der Waals surface area contributed by atoms with Crippen molar-refractivity contribution in [1.29, 1.82) is 0 Å². The Balaban J connectivity index is 1.67. The van der Waals surface area contributed by atoms with Gasteiger partial charge in [-0.2, -0.15) is 0 Å². The highest BCUT2D eigenvalue weighted by atomic mass is 32.1. The highest BCUT2D eigenvalue weighted by molar-refractivity contribution is 7.22. The van der Waals surface area contributed by atoms with Crippen LogP contribution in [0.5, 0.6) is 0 Å². The van der Waals surface area contributed by atoms with Crippen molar-refractivity contribution in [3.05, 3.63) is 93.1 Å². The lowest BCUT2D eigenvalue weighted by Crippen LogP contribution is -2.31. The number of rotatable bonds is 5. The summed E-state index contributed by atoms with van der Waals surface area (Å²) in [6.45, 7) is 1.67. The van der Waals surface area contributed by atoms with Crippen LogP contribution in [-0.4, -0.2) is 26.7 Å². The minimum atomic E-state index is -1.04. The Morgan fingerprint density at radius 1 is 1.24 bits per heavy atom. The van der Waals surface area contributed by atoms with Crippen LogP contribution in [-0.2, 0) is 4.79 Å². The summed E-state index contributed by atoms with van der Waals surface area (Å²) in [5, 5.41) is 22.1.